The van der Waals surface area contributed by atoms with E-state index in [2.05, 4.69) is 9.97 Å². The molecule has 0 aromatic carbocycles. The normalized spacial score (nSPS) is 12.1. The molecule has 4 nitrogen and oxygen atoms in total. The molecule has 2 heterocycles. The van der Waals surface area contributed by atoms with Gasteiger partial charge in [-0.2, -0.15) is 13.2 Å². The van der Waals surface area contributed by atoms with Gasteiger partial charge >= 0.3 is 6.18 Å². The van der Waals surface area contributed by atoms with Crippen LogP contribution in [0, 0.1) is 0 Å². The third-order valence-electron chi connectivity index (χ3n) is 2.40. The number of hydrogen-bond acceptors (Lipinski definition) is 3. The third kappa shape index (κ3) is 2.05. The van der Waals surface area contributed by atoms with Gasteiger partial charge in [0.2, 0.25) is 5.78 Å². The summed E-state index contributed by atoms with van der Waals surface area (Å²) < 4.78 is 38.6. The highest BCUT2D eigenvalue weighted by atomic mass is 35.5. The first-order chi connectivity index (χ1) is 8.34. The molecule has 0 spiro atoms. The molecular formula is C10H7ClF3N3O. The lowest BCUT2D eigenvalue weighted by Gasteiger charge is -2.06. The van der Waals surface area contributed by atoms with E-state index in [4.69, 9.17) is 11.6 Å². The Labute approximate surface area is 104 Å². The first-order valence-electron chi connectivity index (χ1n) is 4.98. The van der Waals surface area contributed by atoms with Crippen molar-refractivity contribution in [1.29, 1.82) is 0 Å². The van der Waals surface area contributed by atoms with Crippen molar-refractivity contribution in [2.24, 2.45) is 0 Å². The summed E-state index contributed by atoms with van der Waals surface area (Å²) in [5, 5.41) is -0.861. The quantitative estimate of drug-likeness (QED) is 0.793. The second-order valence-corrected chi connectivity index (χ2v) is 3.89. The molecule has 18 heavy (non-hydrogen) atoms. The van der Waals surface area contributed by atoms with Crippen LogP contribution < -0.4 is 0 Å². The molecular weight excluding hydrogens is 271 g/mol. The Kier molecular flexibility index (Phi) is 3.02. The predicted molar refractivity (Wildman–Crippen MR) is 57.6 cm³/mol. The van der Waals surface area contributed by atoms with Crippen LogP contribution in [0.15, 0.2) is 12.4 Å². The summed E-state index contributed by atoms with van der Waals surface area (Å²) in [6, 6.07) is 0. The lowest BCUT2D eigenvalue weighted by Crippen LogP contribution is -2.09. The summed E-state index contributed by atoms with van der Waals surface area (Å²) in [4.78, 5) is 18.8. The van der Waals surface area contributed by atoms with Crippen molar-refractivity contribution in [1.82, 2.24) is 14.4 Å². The maximum Gasteiger partial charge on any atom is 0.419 e. The van der Waals surface area contributed by atoms with Gasteiger partial charge in [0.25, 0.3) is 5.24 Å². The van der Waals surface area contributed by atoms with Crippen molar-refractivity contribution in [3.63, 3.8) is 0 Å². The van der Waals surface area contributed by atoms with Gasteiger partial charge in [0.1, 0.15) is 5.69 Å². The van der Waals surface area contributed by atoms with Crippen LogP contribution in [0.25, 0.3) is 5.78 Å². The van der Waals surface area contributed by atoms with Gasteiger partial charge in [-0.25, -0.2) is 9.97 Å². The van der Waals surface area contributed by atoms with Gasteiger partial charge in [-0.3, -0.25) is 9.20 Å². The molecule has 0 aliphatic heterocycles. The van der Waals surface area contributed by atoms with Crippen LogP contribution in [-0.4, -0.2) is 19.6 Å². The molecule has 0 saturated carbocycles. The average Bonchev–Trinajstić information content (AvgIpc) is 2.64. The van der Waals surface area contributed by atoms with E-state index in [-0.39, 0.29) is 11.5 Å². The summed E-state index contributed by atoms with van der Waals surface area (Å²) in [5.74, 6) is 0.0175. The summed E-state index contributed by atoms with van der Waals surface area (Å²) in [6.07, 6.45) is -2.72. The number of alkyl halides is 3. The second-order valence-electron chi connectivity index (χ2n) is 3.54. The van der Waals surface area contributed by atoms with Gasteiger partial charge < -0.3 is 0 Å². The van der Waals surface area contributed by atoms with Gasteiger partial charge in [0.05, 0.1) is 11.3 Å². The van der Waals surface area contributed by atoms with Crippen LogP contribution in [0.2, 0.25) is 0 Å². The molecule has 2 aromatic heterocycles. The Hall–Kier alpha value is -1.63. The lowest BCUT2D eigenvalue weighted by atomic mass is 10.3. The fraction of sp³-hybridized carbons (Fsp3) is 0.300. The van der Waals surface area contributed by atoms with Crippen molar-refractivity contribution >= 4 is 22.6 Å². The van der Waals surface area contributed by atoms with Crippen LogP contribution in [0.1, 0.15) is 28.7 Å². The molecule has 0 fully saturated rings. The molecule has 0 saturated heterocycles. The van der Waals surface area contributed by atoms with Crippen LogP contribution in [0.3, 0.4) is 0 Å². The predicted octanol–water partition coefficient (Wildman–Crippen LogP) is 2.69. The molecule has 2 rings (SSSR count). The van der Waals surface area contributed by atoms with Gasteiger partial charge in [0, 0.05) is 12.4 Å². The molecule has 0 aliphatic carbocycles. The number of rotatable bonds is 2. The summed E-state index contributed by atoms with van der Waals surface area (Å²) in [5.41, 5.74) is -0.719. The van der Waals surface area contributed by atoms with Crippen molar-refractivity contribution < 1.29 is 18.0 Å². The Bertz CT molecular complexity index is 621. The summed E-state index contributed by atoms with van der Waals surface area (Å²) >= 11 is 5.37. The first kappa shape index (κ1) is 12.8. The van der Waals surface area contributed by atoms with E-state index >= 15 is 0 Å². The Morgan fingerprint density at radius 3 is 2.67 bits per heavy atom. The van der Waals surface area contributed by atoms with E-state index in [0.29, 0.717) is 18.3 Å². The Morgan fingerprint density at radius 1 is 1.50 bits per heavy atom. The highest BCUT2D eigenvalue weighted by Gasteiger charge is 2.32. The zero-order valence-electron chi connectivity index (χ0n) is 9.12. The van der Waals surface area contributed by atoms with Gasteiger partial charge in [0.15, 0.2) is 0 Å². The van der Waals surface area contributed by atoms with E-state index in [0.717, 1.165) is 10.6 Å². The minimum absolute atomic E-state index is 0.0175. The van der Waals surface area contributed by atoms with Crippen LogP contribution >= 0.6 is 11.6 Å². The van der Waals surface area contributed by atoms with Gasteiger partial charge in [-0.15, -0.1) is 0 Å². The lowest BCUT2D eigenvalue weighted by molar-refractivity contribution is -0.138. The first-order valence-corrected chi connectivity index (χ1v) is 5.36. The van der Waals surface area contributed by atoms with Gasteiger partial charge in [-0.1, -0.05) is 6.92 Å². The zero-order valence-corrected chi connectivity index (χ0v) is 9.88. The minimum atomic E-state index is -4.54. The van der Waals surface area contributed by atoms with Crippen molar-refractivity contribution in [2.75, 3.05) is 0 Å². The third-order valence-corrected chi connectivity index (χ3v) is 2.58. The Balaban J connectivity index is 2.75. The Morgan fingerprint density at radius 2 is 2.17 bits per heavy atom. The number of halogens is 4. The number of nitrogens with zero attached hydrogens (tertiary/aromatic N) is 3. The molecule has 0 N–H and O–H groups in total. The van der Waals surface area contributed by atoms with Crippen LogP contribution in [-0.2, 0) is 12.6 Å². The average molecular weight is 278 g/mol. The molecule has 0 unspecified atom stereocenters. The fourth-order valence-corrected chi connectivity index (χ4v) is 1.78. The monoisotopic (exact) mass is 277 g/mol. The maximum absolute atomic E-state index is 12.5. The fourth-order valence-electron chi connectivity index (χ4n) is 1.58. The van der Waals surface area contributed by atoms with E-state index in [9.17, 15) is 18.0 Å². The molecule has 0 atom stereocenters. The van der Waals surface area contributed by atoms with E-state index in [1.54, 1.807) is 6.92 Å². The number of fused-ring (bicyclic) bond motifs is 1. The number of carbonyl (C=O) groups is 1. The van der Waals surface area contributed by atoms with Crippen LogP contribution in [0.4, 0.5) is 13.2 Å². The van der Waals surface area contributed by atoms with Crippen molar-refractivity contribution in [2.45, 2.75) is 19.5 Å². The standard InChI is InChI=1S/C10H7ClF3N3O/c1-2-6-7(8(11)18)17-4-5(10(12,13)14)3-15-9(17)16-6/h3-4H,2H2,1H3. The number of hydrogen-bond donors (Lipinski definition) is 0. The SMILES string of the molecule is CCc1nc2ncc(C(F)(F)F)cn2c1C(=O)Cl. The number of imidazole rings is 1. The zero-order chi connectivity index (χ0) is 13.5. The smallest absolute Gasteiger partial charge is 0.279 e. The highest BCUT2D eigenvalue weighted by molar-refractivity contribution is 6.67. The van der Waals surface area contributed by atoms with E-state index < -0.39 is 17.0 Å². The van der Waals surface area contributed by atoms with Gasteiger partial charge in [-0.05, 0) is 18.0 Å². The van der Waals surface area contributed by atoms with Crippen molar-refractivity contribution in [3.05, 3.63) is 29.3 Å². The molecule has 2 aromatic rings. The summed E-state index contributed by atoms with van der Waals surface area (Å²) in [6.45, 7) is 1.72. The van der Waals surface area contributed by atoms with Crippen LogP contribution in [0.5, 0.6) is 0 Å². The maximum atomic E-state index is 12.5. The van der Waals surface area contributed by atoms with E-state index in [1.165, 1.54) is 0 Å². The van der Waals surface area contributed by atoms with Crippen molar-refractivity contribution in [3.8, 4) is 0 Å². The largest absolute Gasteiger partial charge is 0.419 e. The molecule has 0 amide bonds. The topological polar surface area (TPSA) is 47.3 Å². The number of aryl methyl sites for hydroxylation is 1. The molecule has 0 radical (unpaired) electrons. The molecule has 0 bridgehead atoms. The number of aromatic nitrogens is 3. The molecule has 8 heteroatoms. The number of carbonyl (C=O) groups excluding carboxylic acids is 1. The summed E-state index contributed by atoms with van der Waals surface area (Å²) in [7, 11) is 0. The highest BCUT2D eigenvalue weighted by Crippen LogP contribution is 2.29. The minimum Gasteiger partial charge on any atom is -0.279 e. The molecule has 0 aliphatic rings. The second kappa shape index (κ2) is 4.24. The van der Waals surface area contributed by atoms with E-state index in [1.807, 2.05) is 0 Å². The molecule has 96 valence electrons.